The van der Waals surface area contributed by atoms with Crippen molar-refractivity contribution in [1.82, 2.24) is 9.99 Å². The standard InChI is InChI=1S/C28H23N3O5/c1-35-20-13-11-19(12-14-20)25-16-24(18-7-3-2-4-8-18)30-31(25)27(33)17-36-28(34)22-15-26(32)29-23-10-6-5-9-21(22)23/h2-15,25H,16-17H2,1H3,(H,29,32)/t25-/m1/s1. The molecule has 1 aromatic heterocycles. The molecule has 1 aliphatic rings. The third-order valence-corrected chi connectivity index (χ3v) is 6.07. The summed E-state index contributed by atoms with van der Waals surface area (Å²) in [5.41, 5.74) is 2.74. The number of fused-ring (bicyclic) bond motifs is 1. The zero-order valence-corrected chi connectivity index (χ0v) is 19.5. The van der Waals surface area contributed by atoms with Gasteiger partial charge in [0, 0.05) is 23.4 Å². The topological polar surface area (TPSA) is 101 Å². The van der Waals surface area contributed by atoms with Crippen molar-refractivity contribution >= 4 is 28.5 Å². The molecule has 1 aliphatic heterocycles. The van der Waals surface area contributed by atoms with Crippen molar-refractivity contribution in [3.05, 3.63) is 112 Å². The van der Waals surface area contributed by atoms with Gasteiger partial charge in [-0.25, -0.2) is 9.80 Å². The molecule has 4 aromatic rings. The van der Waals surface area contributed by atoms with Gasteiger partial charge in [-0.15, -0.1) is 0 Å². The molecule has 0 radical (unpaired) electrons. The summed E-state index contributed by atoms with van der Waals surface area (Å²) in [6.45, 7) is -0.516. The summed E-state index contributed by atoms with van der Waals surface area (Å²) in [5.74, 6) is -0.514. The number of aromatic amines is 1. The summed E-state index contributed by atoms with van der Waals surface area (Å²) in [5, 5.41) is 6.50. The van der Waals surface area contributed by atoms with E-state index >= 15 is 0 Å². The number of amides is 1. The summed E-state index contributed by atoms with van der Waals surface area (Å²) in [6, 6.07) is 24.8. The van der Waals surface area contributed by atoms with Gasteiger partial charge < -0.3 is 14.5 Å². The molecule has 0 aliphatic carbocycles. The Bertz CT molecular complexity index is 1510. The van der Waals surface area contributed by atoms with Gasteiger partial charge in [-0.05, 0) is 29.3 Å². The number of esters is 1. The van der Waals surface area contributed by atoms with Crippen LogP contribution in [0.1, 0.15) is 33.9 Å². The summed E-state index contributed by atoms with van der Waals surface area (Å²) < 4.78 is 10.6. The molecule has 2 heterocycles. The fourth-order valence-corrected chi connectivity index (χ4v) is 4.28. The average Bonchev–Trinajstić information content (AvgIpc) is 3.37. The van der Waals surface area contributed by atoms with Gasteiger partial charge in [0.05, 0.1) is 24.4 Å². The molecular formula is C28H23N3O5. The SMILES string of the molecule is COc1ccc([C@H]2CC(c3ccccc3)=NN2C(=O)COC(=O)c2cc(=O)[nH]c3ccccc23)cc1. The van der Waals surface area contributed by atoms with Crippen LogP contribution in [0, 0.1) is 0 Å². The highest BCUT2D eigenvalue weighted by Crippen LogP contribution is 2.33. The number of rotatable bonds is 6. The van der Waals surface area contributed by atoms with Gasteiger partial charge in [-0.1, -0.05) is 60.7 Å². The molecular weight excluding hydrogens is 458 g/mol. The van der Waals surface area contributed by atoms with Crippen LogP contribution in [0.25, 0.3) is 10.9 Å². The second-order valence-electron chi connectivity index (χ2n) is 8.31. The lowest BCUT2D eigenvalue weighted by Gasteiger charge is -2.22. The lowest BCUT2D eigenvalue weighted by Crippen LogP contribution is -2.31. The lowest BCUT2D eigenvalue weighted by atomic mass is 9.98. The molecule has 5 rings (SSSR count). The molecule has 1 N–H and O–H groups in total. The quantitative estimate of drug-likeness (QED) is 0.419. The maximum absolute atomic E-state index is 13.2. The maximum Gasteiger partial charge on any atom is 0.339 e. The molecule has 0 spiro atoms. The van der Waals surface area contributed by atoms with E-state index in [1.54, 1.807) is 31.4 Å². The first-order chi connectivity index (χ1) is 17.5. The highest BCUT2D eigenvalue weighted by Gasteiger charge is 2.33. The number of methoxy groups -OCH3 is 1. The fourth-order valence-electron chi connectivity index (χ4n) is 4.28. The molecule has 1 atom stereocenters. The molecule has 0 fully saturated rings. The molecule has 0 bridgehead atoms. The number of nitrogens with one attached hydrogen (secondary N) is 1. The Labute approximate surface area is 206 Å². The number of carbonyl (C=O) groups excluding carboxylic acids is 2. The number of aromatic nitrogens is 1. The van der Waals surface area contributed by atoms with E-state index in [-0.39, 0.29) is 11.6 Å². The van der Waals surface area contributed by atoms with E-state index < -0.39 is 24.0 Å². The third-order valence-electron chi connectivity index (χ3n) is 6.07. The third kappa shape index (κ3) is 4.61. The molecule has 3 aromatic carbocycles. The predicted octanol–water partition coefficient (Wildman–Crippen LogP) is 4.07. The van der Waals surface area contributed by atoms with Crippen LogP contribution in [0.3, 0.4) is 0 Å². The highest BCUT2D eigenvalue weighted by molar-refractivity contribution is 6.05. The minimum atomic E-state index is -0.752. The summed E-state index contributed by atoms with van der Waals surface area (Å²) in [6.07, 6.45) is 0.509. The molecule has 8 heteroatoms. The second kappa shape index (κ2) is 9.87. The van der Waals surface area contributed by atoms with E-state index in [9.17, 15) is 14.4 Å². The number of hydrogen-bond acceptors (Lipinski definition) is 6. The fraction of sp³-hybridized carbons (Fsp3) is 0.143. The Hall–Kier alpha value is -4.72. The number of nitrogens with zero attached hydrogens (tertiary/aromatic N) is 2. The molecule has 0 saturated carbocycles. The first-order valence-electron chi connectivity index (χ1n) is 11.4. The Morgan fingerprint density at radius 1 is 1.00 bits per heavy atom. The van der Waals surface area contributed by atoms with Crippen LogP contribution < -0.4 is 10.3 Å². The first kappa shape index (κ1) is 23.0. The zero-order valence-electron chi connectivity index (χ0n) is 19.5. The van der Waals surface area contributed by atoms with Gasteiger partial charge in [0.25, 0.3) is 5.91 Å². The van der Waals surface area contributed by atoms with E-state index in [0.717, 1.165) is 16.8 Å². The Balaban J connectivity index is 1.39. The second-order valence-corrected chi connectivity index (χ2v) is 8.31. The molecule has 8 nitrogen and oxygen atoms in total. The van der Waals surface area contributed by atoms with Gasteiger partial charge >= 0.3 is 5.97 Å². The minimum Gasteiger partial charge on any atom is -0.497 e. The van der Waals surface area contributed by atoms with Crippen molar-refractivity contribution < 1.29 is 19.1 Å². The number of hydrazone groups is 1. The number of carbonyl (C=O) groups is 2. The minimum absolute atomic E-state index is 0.101. The molecule has 0 saturated heterocycles. The number of benzene rings is 3. The number of H-pyrrole nitrogens is 1. The van der Waals surface area contributed by atoms with Crippen LogP contribution in [-0.4, -0.2) is 41.3 Å². The van der Waals surface area contributed by atoms with Crippen LogP contribution in [-0.2, 0) is 9.53 Å². The number of para-hydroxylation sites is 1. The van der Waals surface area contributed by atoms with Crippen LogP contribution in [0.2, 0.25) is 0 Å². The van der Waals surface area contributed by atoms with E-state index in [1.165, 1.54) is 11.1 Å². The molecule has 36 heavy (non-hydrogen) atoms. The Kier molecular flexibility index (Phi) is 6.32. The van der Waals surface area contributed by atoms with Gasteiger partial charge in [0.1, 0.15) is 5.75 Å². The van der Waals surface area contributed by atoms with Crippen molar-refractivity contribution in [2.75, 3.05) is 13.7 Å². The van der Waals surface area contributed by atoms with Crippen molar-refractivity contribution in [3.63, 3.8) is 0 Å². The van der Waals surface area contributed by atoms with Crippen LogP contribution in [0.4, 0.5) is 0 Å². The number of hydrogen-bond donors (Lipinski definition) is 1. The van der Waals surface area contributed by atoms with Gasteiger partial charge in [-0.2, -0.15) is 5.10 Å². The van der Waals surface area contributed by atoms with Crippen molar-refractivity contribution in [2.24, 2.45) is 5.10 Å². The Morgan fingerprint density at radius 3 is 2.47 bits per heavy atom. The number of pyridine rings is 1. The summed E-state index contributed by atoms with van der Waals surface area (Å²) in [7, 11) is 1.59. The first-order valence-corrected chi connectivity index (χ1v) is 11.4. The molecule has 1 amide bonds. The van der Waals surface area contributed by atoms with E-state index in [1.807, 2.05) is 54.6 Å². The summed E-state index contributed by atoms with van der Waals surface area (Å²) >= 11 is 0. The van der Waals surface area contributed by atoms with E-state index in [4.69, 9.17) is 9.47 Å². The van der Waals surface area contributed by atoms with E-state index in [0.29, 0.717) is 23.1 Å². The lowest BCUT2D eigenvalue weighted by molar-refractivity contribution is -0.136. The average molecular weight is 482 g/mol. The zero-order chi connectivity index (χ0) is 25.1. The smallest absolute Gasteiger partial charge is 0.339 e. The van der Waals surface area contributed by atoms with E-state index in [2.05, 4.69) is 10.1 Å². The van der Waals surface area contributed by atoms with Gasteiger partial charge in [-0.3, -0.25) is 9.59 Å². The largest absolute Gasteiger partial charge is 0.497 e. The van der Waals surface area contributed by atoms with Gasteiger partial charge in [0.2, 0.25) is 5.56 Å². The Morgan fingerprint density at radius 2 is 1.72 bits per heavy atom. The van der Waals surface area contributed by atoms with Crippen LogP contribution in [0.5, 0.6) is 5.75 Å². The highest BCUT2D eigenvalue weighted by atomic mass is 16.5. The van der Waals surface area contributed by atoms with Crippen molar-refractivity contribution in [3.8, 4) is 5.75 Å². The normalized spacial score (nSPS) is 15.0. The number of ether oxygens (including phenoxy) is 2. The monoisotopic (exact) mass is 481 g/mol. The van der Waals surface area contributed by atoms with Crippen molar-refractivity contribution in [1.29, 1.82) is 0 Å². The maximum atomic E-state index is 13.2. The van der Waals surface area contributed by atoms with Crippen molar-refractivity contribution in [2.45, 2.75) is 12.5 Å². The molecule has 0 unspecified atom stereocenters. The molecule has 180 valence electrons. The van der Waals surface area contributed by atoms with Crippen LogP contribution in [0.15, 0.2) is 94.8 Å². The van der Waals surface area contributed by atoms with Crippen LogP contribution >= 0.6 is 0 Å². The predicted molar refractivity (Wildman–Crippen MR) is 135 cm³/mol. The van der Waals surface area contributed by atoms with Gasteiger partial charge in [0.15, 0.2) is 6.61 Å². The summed E-state index contributed by atoms with van der Waals surface area (Å²) in [4.78, 5) is 40.8.